The number of benzene rings is 3. The Morgan fingerprint density at radius 2 is 1.61 bits per heavy atom. The Morgan fingerprint density at radius 1 is 0.722 bits per heavy atom. The van der Waals surface area contributed by atoms with Crippen LogP contribution in [0.15, 0.2) is 48.5 Å². The lowest BCUT2D eigenvalue weighted by molar-refractivity contribution is 0.282. The molecule has 0 spiro atoms. The first-order valence-electron chi connectivity index (χ1n) is 5.98. The van der Waals surface area contributed by atoms with Crippen molar-refractivity contribution in [1.29, 1.82) is 0 Å². The summed E-state index contributed by atoms with van der Waals surface area (Å²) in [7, 11) is 0. The van der Waals surface area contributed by atoms with Crippen LogP contribution in [0.4, 0.5) is 0 Å². The first kappa shape index (κ1) is 11.2. The monoisotopic (exact) mass is 238 g/mol. The van der Waals surface area contributed by atoms with Crippen molar-refractivity contribution in [2.45, 2.75) is 13.2 Å². The van der Waals surface area contributed by atoms with E-state index in [0.717, 1.165) is 32.7 Å². The molecule has 3 rings (SSSR count). The molecule has 0 aromatic heterocycles. The Balaban J connectivity index is 2.35. The highest BCUT2D eigenvalue weighted by Gasteiger charge is 2.03. The molecule has 2 N–H and O–H groups in total. The summed E-state index contributed by atoms with van der Waals surface area (Å²) in [5.41, 5.74) is 1.86. The zero-order valence-corrected chi connectivity index (χ0v) is 9.93. The molecule has 18 heavy (non-hydrogen) atoms. The number of hydrogen-bond acceptors (Lipinski definition) is 2. The van der Waals surface area contributed by atoms with Crippen molar-refractivity contribution in [1.82, 2.24) is 0 Å². The van der Waals surface area contributed by atoms with Gasteiger partial charge in [0.2, 0.25) is 0 Å². The molecule has 2 nitrogen and oxygen atoms in total. The number of aliphatic hydroxyl groups excluding tert-OH is 2. The van der Waals surface area contributed by atoms with E-state index in [1.54, 1.807) is 0 Å². The maximum Gasteiger partial charge on any atom is 0.0687 e. The van der Waals surface area contributed by atoms with Gasteiger partial charge in [0.25, 0.3) is 0 Å². The van der Waals surface area contributed by atoms with Gasteiger partial charge in [-0.25, -0.2) is 0 Å². The standard InChI is InChI=1S/C16H14O2/c17-9-11-4-5-12-8-16-13(7-15(12)6-11)2-1-3-14(16)10-18/h1-8,17-18H,9-10H2. The van der Waals surface area contributed by atoms with Crippen LogP contribution < -0.4 is 0 Å². The van der Waals surface area contributed by atoms with Gasteiger partial charge in [-0.05, 0) is 50.9 Å². The minimum atomic E-state index is 0.0531. The topological polar surface area (TPSA) is 40.5 Å². The molecule has 0 saturated heterocycles. The van der Waals surface area contributed by atoms with Crippen LogP contribution in [0.5, 0.6) is 0 Å². The normalized spacial score (nSPS) is 11.2. The van der Waals surface area contributed by atoms with Gasteiger partial charge in [-0.15, -0.1) is 0 Å². The molecule has 0 bridgehead atoms. The maximum atomic E-state index is 9.36. The van der Waals surface area contributed by atoms with Crippen molar-refractivity contribution >= 4 is 21.5 Å². The first-order chi connectivity index (χ1) is 8.81. The molecule has 3 aromatic rings. The van der Waals surface area contributed by atoms with Gasteiger partial charge in [-0.3, -0.25) is 0 Å². The highest BCUT2D eigenvalue weighted by molar-refractivity contribution is 5.99. The molecule has 0 heterocycles. The lowest BCUT2D eigenvalue weighted by Crippen LogP contribution is -1.87. The van der Waals surface area contributed by atoms with Gasteiger partial charge in [0.1, 0.15) is 0 Å². The molecule has 0 aliphatic carbocycles. The molecule has 0 amide bonds. The highest BCUT2D eigenvalue weighted by Crippen LogP contribution is 2.26. The van der Waals surface area contributed by atoms with Crippen molar-refractivity contribution in [2.75, 3.05) is 0 Å². The van der Waals surface area contributed by atoms with E-state index in [4.69, 9.17) is 5.11 Å². The van der Waals surface area contributed by atoms with Gasteiger partial charge in [-0.2, -0.15) is 0 Å². The second-order valence-corrected chi connectivity index (χ2v) is 4.49. The molecule has 0 aliphatic rings. The van der Waals surface area contributed by atoms with Crippen LogP contribution in [-0.2, 0) is 13.2 Å². The maximum absolute atomic E-state index is 9.36. The SMILES string of the molecule is OCc1ccc2cc3c(CO)cccc3cc2c1. The fourth-order valence-electron chi connectivity index (χ4n) is 2.37. The fourth-order valence-corrected chi connectivity index (χ4v) is 2.37. The third-order valence-electron chi connectivity index (χ3n) is 3.35. The van der Waals surface area contributed by atoms with E-state index in [1.165, 1.54) is 0 Å². The minimum Gasteiger partial charge on any atom is -0.392 e. The molecule has 0 radical (unpaired) electrons. The molecule has 90 valence electrons. The van der Waals surface area contributed by atoms with Crippen molar-refractivity contribution in [3.63, 3.8) is 0 Å². The van der Waals surface area contributed by atoms with E-state index in [-0.39, 0.29) is 13.2 Å². The second-order valence-electron chi connectivity index (χ2n) is 4.49. The van der Waals surface area contributed by atoms with E-state index in [0.29, 0.717) is 0 Å². The average Bonchev–Trinajstić information content (AvgIpc) is 2.43. The Labute approximate surface area is 105 Å². The summed E-state index contributed by atoms with van der Waals surface area (Å²) in [6, 6.07) is 16.1. The van der Waals surface area contributed by atoms with Crippen molar-refractivity contribution < 1.29 is 10.2 Å². The molecule has 0 unspecified atom stereocenters. The van der Waals surface area contributed by atoms with Gasteiger partial charge >= 0.3 is 0 Å². The zero-order valence-electron chi connectivity index (χ0n) is 9.93. The van der Waals surface area contributed by atoms with E-state index < -0.39 is 0 Å². The molecule has 0 atom stereocenters. The summed E-state index contributed by atoms with van der Waals surface area (Å²) >= 11 is 0. The lowest BCUT2D eigenvalue weighted by Gasteiger charge is -2.07. The van der Waals surface area contributed by atoms with Gasteiger partial charge < -0.3 is 10.2 Å². The van der Waals surface area contributed by atoms with E-state index >= 15 is 0 Å². The third-order valence-corrected chi connectivity index (χ3v) is 3.35. The van der Waals surface area contributed by atoms with Crippen LogP contribution in [0.1, 0.15) is 11.1 Å². The van der Waals surface area contributed by atoms with Crippen molar-refractivity contribution in [3.8, 4) is 0 Å². The van der Waals surface area contributed by atoms with Crippen molar-refractivity contribution in [3.05, 3.63) is 59.7 Å². The molecule has 3 aromatic carbocycles. The Bertz CT molecular complexity index is 716. The number of rotatable bonds is 2. The molecular weight excluding hydrogens is 224 g/mol. The predicted octanol–water partition coefficient (Wildman–Crippen LogP) is 2.98. The quantitative estimate of drug-likeness (QED) is 0.674. The van der Waals surface area contributed by atoms with Gasteiger partial charge in [0, 0.05) is 0 Å². The summed E-state index contributed by atoms with van der Waals surface area (Å²) in [6.07, 6.45) is 0. The van der Waals surface area contributed by atoms with Crippen LogP contribution in [0.25, 0.3) is 21.5 Å². The van der Waals surface area contributed by atoms with E-state index in [9.17, 15) is 5.11 Å². The first-order valence-corrected chi connectivity index (χ1v) is 5.98. The molecule has 0 fully saturated rings. The Kier molecular flexibility index (Phi) is 2.74. The van der Waals surface area contributed by atoms with Crippen LogP contribution >= 0.6 is 0 Å². The summed E-state index contributed by atoms with van der Waals surface area (Å²) in [4.78, 5) is 0. The van der Waals surface area contributed by atoms with Gasteiger partial charge in [0.15, 0.2) is 0 Å². The predicted molar refractivity (Wildman–Crippen MR) is 73.3 cm³/mol. The Hall–Kier alpha value is -1.90. The molecule has 0 aliphatic heterocycles. The second kappa shape index (κ2) is 4.41. The largest absolute Gasteiger partial charge is 0.392 e. The average molecular weight is 238 g/mol. The minimum absolute atomic E-state index is 0.0531. The molecule has 0 saturated carbocycles. The molecular formula is C16H14O2. The number of hydrogen-bond donors (Lipinski definition) is 2. The molecule has 2 heteroatoms. The van der Waals surface area contributed by atoms with E-state index in [2.05, 4.69) is 12.1 Å². The van der Waals surface area contributed by atoms with Crippen molar-refractivity contribution in [2.24, 2.45) is 0 Å². The zero-order chi connectivity index (χ0) is 12.5. The summed E-state index contributed by atoms with van der Waals surface area (Å²) in [5.74, 6) is 0. The smallest absolute Gasteiger partial charge is 0.0687 e. The van der Waals surface area contributed by atoms with Crippen LogP contribution in [0.3, 0.4) is 0 Å². The van der Waals surface area contributed by atoms with Crippen LogP contribution in [0.2, 0.25) is 0 Å². The van der Waals surface area contributed by atoms with Crippen LogP contribution in [-0.4, -0.2) is 10.2 Å². The van der Waals surface area contributed by atoms with Gasteiger partial charge in [0.05, 0.1) is 13.2 Å². The number of aliphatic hydroxyl groups is 2. The highest BCUT2D eigenvalue weighted by atomic mass is 16.3. The summed E-state index contributed by atoms with van der Waals surface area (Å²) in [6.45, 7) is 0.113. The number of fused-ring (bicyclic) bond motifs is 2. The van der Waals surface area contributed by atoms with Gasteiger partial charge in [-0.1, -0.05) is 30.3 Å². The van der Waals surface area contributed by atoms with E-state index in [1.807, 2.05) is 36.4 Å². The third kappa shape index (κ3) is 1.76. The summed E-state index contributed by atoms with van der Waals surface area (Å²) in [5, 5.41) is 23.0. The summed E-state index contributed by atoms with van der Waals surface area (Å²) < 4.78 is 0. The fraction of sp³-hybridized carbons (Fsp3) is 0.125. The Morgan fingerprint density at radius 3 is 2.39 bits per heavy atom. The van der Waals surface area contributed by atoms with Crippen LogP contribution in [0, 0.1) is 0 Å². The lowest BCUT2D eigenvalue weighted by atomic mass is 9.99.